The molecule has 0 bridgehead atoms. The van der Waals surface area contributed by atoms with Crippen LogP contribution in [0, 0.1) is 6.92 Å². The first-order valence-electron chi connectivity index (χ1n) is 6.21. The molecule has 1 unspecified atom stereocenters. The Balaban J connectivity index is 2.53. The molecule has 0 saturated heterocycles. The van der Waals surface area contributed by atoms with Crippen molar-refractivity contribution in [1.29, 1.82) is 0 Å². The first-order valence-corrected chi connectivity index (χ1v) is 9.69. The predicted octanol–water partition coefficient (Wildman–Crippen LogP) is 6.53. The number of fused-ring (bicyclic) bond motifs is 1. The molecule has 1 aromatic carbocycles. The van der Waals surface area contributed by atoms with Crippen molar-refractivity contribution < 1.29 is 13.2 Å². The lowest BCUT2D eigenvalue weighted by molar-refractivity contribution is -0.0355. The highest BCUT2D eigenvalue weighted by Crippen LogP contribution is 2.81. The lowest BCUT2D eigenvalue weighted by Crippen LogP contribution is -2.16. The summed E-state index contributed by atoms with van der Waals surface area (Å²) in [6.45, 7) is 3.82. The number of benzene rings is 1. The summed E-state index contributed by atoms with van der Waals surface area (Å²) in [5.41, 5.74) is -2.67. The fourth-order valence-corrected chi connectivity index (χ4v) is 6.19. The summed E-state index contributed by atoms with van der Waals surface area (Å²) in [7, 11) is -3.04. The number of halogens is 4. The third-order valence-corrected chi connectivity index (χ3v) is 9.28. The monoisotopic (exact) mass is 352 g/mol. The van der Waals surface area contributed by atoms with E-state index in [4.69, 9.17) is 0 Å². The molecular weight excluding hydrogens is 337 g/mol. The van der Waals surface area contributed by atoms with Gasteiger partial charge < -0.3 is 0 Å². The number of allylic oxidation sites excluding steroid dienone is 1. The third kappa shape index (κ3) is 2.47. The van der Waals surface area contributed by atoms with Crippen molar-refractivity contribution in [3.05, 3.63) is 34.2 Å². The molecule has 1 heterocycles. The van der Waals surface area contributed by atoms with Crippen LogP contribution < -0.4 is 0 Å². The molecule has 0 radical (unpaired) electrons. The van der Waals surface area contributed by atoms with Gasteiger partial charge in [-0.3, -0.25) is 0 Å². The molecular formula is C14H16BrF3S. The van der Waals surface area contributed by atoms with Crippen LogP contribution in [0.4, 0.5) is 13.2 Å². The fraction of sp³-hybridized carbons (Fsp3) is 0.429. The number of alkyl halides is 3. The fourth-order valence-electron chi connectivity index (χ4n) is 2.24. The molecule has 0 aromatic heterocycles. The summed E-state index contributed by atoms with van der Waals surface area (Å²) in [4.78, 5) is 0.911. The first-order chi connectivity index (χ1) is 8.80. The Morgan fingerprint density at radius 2 is 1.95 bits per heavy atom. The Morgan fingerprint density at radius 3 is 2.53 bits per heavy atom. The Kier molecular flexibility index (Phi) is 4.07. The Labute approximate surface area is 120 Å². The molecule has 0 amide bonds. The number of unbranched alkanes of at least 4 members (excludes halogenated alkanes) is 1. The van der Waals surface area contributed by atoms with Gasteiger partial charge in [-0.1, -0.05) is 25.5 Å². The zero-order chi connectivity index (χ0) is 14.3. The maximum atomic E-state index is 13.6. The second-order valence-electron chi connectivity index (χ2n) is 4.74. The maximum Gasteiger partial charge on any atom is 0.442 e. The van der Waals surface area contributed by atoms with Crippen LogP contribution in [-0.4, -0.2) is 5.51 Å². The molecule has 106 valence electrons. The number of hydrogen-bond acceptors (Lipinski definition) is 0. The summed E-state index contributed by atoms with van der Waals surface area (Å²) in [5.74, 6) is 0. The second-order valence-corrected chi connectivity index (χ2v) is 10.2. The van der Waals surface area contributed by atoms with Gasteiger partial charge in [0.25, 0.3) is 0 Å². The standard InChI is InChI=1S/C14H16BrF3S/c1-3-4-5-12-9-11-7-6-10(2)8-13(11)19(12,15)14(16,17)18/h6-9H,3-5H2,1-2H3. The van der Waals surface area contributed by atoms with E-state index < -0.39 is 14.0 Å². The molecule has 0 spiro atoms. The van der Waals surface area contributed by atoms with Gasteiger partial charge in [-0.15, -0.1) is 0 Å². The molecule has 0 N–H and O–H groups in total. The Morgan fingerprint density at radius 1 is 1.26 bits per heavy atom. The zero-order valence-corrected chi connectivity index (χ0v) is 13.3. The number of aryl methyl sites for hydroxylation is 1. The Hall–Kier alpha value is -0.420. The predicted molar refractivity (Wildman–Crippen MR) is 79.5 cm³/mol. The van der Waals surface area contributed by atoms with Crippen molar-refractivity contribution >= 4 is 29.4 Å². The average molecular weight is 353 g/mol. The van der Waals surface area contributed by atoms with Gasteiger partial charge in [-0.05, 0) is 71.2 Å². The minimum Gasteiger partial charge on any atom is -0.160 e. The van der Waals surface area contributed by atoms with Crippen LogP contribution >= 0.6 is 23.3 Å². The lowest BCUT2D eigenvalue weighted by Gasteiger charge is -2.35. The van der Waals surface area contributed by atoms with Crippen LogP contribution in [0.2, 0.25) is 0 Å². The zero-order valence-electron chi connectivity index (χ0n) is 10.9. The normalized spacial score (nSPS) is 25.7. The molecule has 0 aliphatic carbocycles. The highest BCUT2D eigenvalue weighted by Gasteiger charge is 2.54. The summed E-state index contributed by atoms with van der Waals surface area (Å²) in [6, 6.07) is 5.32. The topological polar surface area (TPSA) is 0 Å². The lowest BCUT2D eigenvalue weighted by atomic mass is 10.1. The summed E-state index contributed by atoms with van der Waals surface area (Å²) < 4.78 is 40.7. The SMILES string of the molecule is CCCCC1=Cc2ccc(C)cc2S1(Br)C(F)(F)F. The van der Waals surface area contributed by atoms with Crippen molar-refractivity contribution in [1.82, 2.24) is 0 Å². The van der Waals surface area contributed by atoms with Crippen molar-refractivity contribution in [3.8, 4) is 0 Å². The van der Waals surface area contributed by atoms with E-state index in [9.17, 15) is 13.2 Å². The van der Waals surface area contributed by atoms with Gasteiger partial charge in [-0.2, -0.15) is 13.2 Å². The van der Waals surface area contributed by atoms with Gasteiger partial charge in [0.2, 0.25) is 0 Å². The van der Waals surface area contributed by atoms with Gasteiger partial charge in [0.05, 0.1) is 0 Å². The quantitative estimate of drug-likeness (QED) is 0.579. The van der Waals surface area contributed by atoms with E-state index in [1.807, 2.05) is 19.9 Å². The van der Waals surface area contributed by atoms with Crippen LogP contribution in [0.5, 0.6) is 0 Å². The van der Waals surface area contributed by atoms with E-state index in [0.717, 1.165) is 18.4 Å². The minimum absolute atomic E-state index is 0.408. The van der Waals surface area contributed by atoms with Crippen molar-refractivity contribution in [2.75, 3.05) is 0 Å². The number of hydrogen-bond donors (Lipinski definition) is 0. The minimum atomic E-state index is -4.24. The van der Waals surface area contributed by atoms with E-state index in [1.165, 1.54) is 0 Å². The molecule has 5 heteroatoms. The molecule has 0 fully saturated rings. The second kappa shape index (κ2) is 5.17. The first kappa shape index (κ1) is 15.0. The highest BCUT2D eigenvalue weighted by molar-refractivity contribution is 9.59. The summed E-state index contributed by atoms with van der Waals surface area (Å²) in [5, 5.41) is 0. The molecule has 1 aromatic rings. The van der Waals surface area contributed by atoms with Gasteiger partial charge in [-0.25, -0.2) is 0 Å². The molecule has 19 heavy (non-hydrogen) atoms. The largest absolute Gasteiger partial charge is 0.442 e. The van der Waals surface area contributed by atoms with Gasteiger partial charge >= 0.3 is 5.51 Å². The maximum absolute atomic E-state index is 13.6. The molecule has 2 rings (SSSR count). The van der Waals surface area contributed by atoms with E-state index in [-0.39, 0.29) is 0 Å². The van der Waals surface area contributed by atoms with Crippen molar-refractivity contribution in [3.63, 3.8) is 0 Å². The Bertz CT molecular complexity index is 522. The van der Waals surface area contributed by atoms with Gasteiger partial charge in [0.15, 0.2) is 0 Å². The number of rotatable bonds is 3. The summed E-state index contributed by atoms with van der Waals surface area (Å²) >= 11 is 3.09. The van der Waals surface area contributed by atoms with Crippen LogP contribution in [0.25, 0.3) is 6.08 Å². The van der Waals surface area contributed by atoms with E-state index in [1.54, 1.807) is 18.2 Å². The molecule has 1 aliphatic heterocycles. The van der Waals surface area contributed by atoms with Crippen LogP contribution in [0.3, 0.4) is 0 Å². The van der Waals surface area contributed by atoms with Crippen LogP contribution in [0.15, 0.2) is 28.0 Å². The van der Waals surface area contributed by atoms with E-state index >= 15 is 0 Å². The van der Waals surface area contributed by atoms with Crippen molar-refractivity contribution in [2.45, 2.75) is 43.5 Å². The van der Waals surface area contributed by atoms with Gasteiger partial charge in [0.1, 0.15) is 0 Å². The average Bonchev–Trinajstić information content (AvgIpc) is 2.61. The van der Waals surface area contributed by atoms with Crippen LogP contribution in [-0.2, 0) is 0 Å². The van der Waals surface area contributed by atoms with Gasteiger partial charge in [0, 0.05) is 4.90 Å². The van der Waals surface area contributed by atoms with Crippen LogP contribution in [0.1, 0.15) is 37.3 Å². The van der Waals surface area contributed by atoms with E-state index in [2.05, 4.69) is 14.8 Å². The van der Waals surface area contributed by atoms with E-state index in [0.29, 0.717) is 21.8 Å². The summed E-state index contributed by atoms with van der Waals surface area (Å²) in [6.07, 6.45) is 3.91. The smallest absolute Gasteiger partial charge is 0.160 e. The highest BCUT2D eigenvalue weighted by atomic mass is 79.9. The molecule has 1 atom stereocenters. The molecule has 1 aliphatic rings. The third-order valence-electron chi connectivity index (χ3n) is 3.25. The molecule has 0 nitrogen and oxygen atoms in total. The van der Waals surface area contributed by atoms with Crippen molar-refractivity contribution in [2.24, 2.45) is 0 Å². The molecule has 0 saturated carbocycles.